The van der Waals surface area contributed by atoms with E-state index < -0.39 is 0 Å². The molecule has 0 spiro atoms. The smallest absolute Gasteiger partial charge is 0.0229 e. The van der Waals surface area contributed by atoms with E-state index in [0.29, 0.717) is 6.04 Å². The van der Waals surface area contributed by atoms with Crippen LogP contribution >= 0.6 is 0 Å². The fourth-order valence-electron chi connectivity index (χ4n) is 1.52. The van der Waals surface area contributed by atoms with Gasteiger partial charge in [-0.25, -0.2) is 0 Å². The fraction of sp³-hybridized carbons (Fsp3) is 0.778. The van der Waals surface area contributed by atoms with Crippen molar-refractivity contribution in [1.29, 1.82) is 0 Å². The van der Waals surface area contributed by atoms with Crippen LogP contribution in [0.2, 0.25) is 0 Å². The van der Waals surface area contributed by atoms with Crippen LogP contribution in [0, 0.1) is 5.92 Å². The first-order valence-electron chi connectivity index (χ1n) is 4.13. The summed E-state index contributed by atoms with van der Waals surface area (Å²) < 4.78 is 0. The summed E-state index contributed by atoms with van der Waals surface area (Å²) in [5.41, 5.74) is 7.30. The van der Waals surface area contributed by atoms with Gasteiger partial charge >= 0.3 is 0 Å². The molecular formula is C9H17N. The van der Waals surface area contributed by atoms with Crippen molar-refractivity contribution >= 4 is 0 Å². The second-order valence-corrected chi connectivity index (χ2v) is 3.63. The Labute approximate surface area is 63.3 Å². The zero-order valence-electron chi connectivity index (χ0n) is 6.93. The largest absolute Gasteiger partial charge is 0.324 e. The van der Waals surface area contributed by atoms with Crippen molar-refractivity contribution in [2.75, 3.05) is 0 Å². The molecule has 0 aromatic rings. The maximum atomic E-state index is 5.72. The lowest BCUT2D eigenvalue weighted by Crippen LogP contribution is -2.11. The highest BCUT2D eigenvalue weighted by atomic mass is 14.6. The first-order valence-corrected chi connectivity index (χ1v) is 4.13. The van der Waals surface area contributed by atoms with E-state index in [1.807, 2.05) is 0 Å². The number of allylic oxidation sites excluding steroid dienone is 1. The predicted octanol–water partition coefficient (Wildman–Crippen LogP) is 2.08. The van der Waals surface area contributed by atoms with Crippen molar-refractivity contribution in [2.24, 2.45) is 11.7 Å². The third-order valence-corrected chi connectivity index (χ3v) is 1.92. The summed E-state index contributed by atoms with van der Waals surface area (Å²) in [5.74, 6) is 0.788. The van der Waals surface area contributed by atoms with Gasteiger partial charge in [0, 0.05) is 6.04 Å². The maximum absolute atomic E-state index is 5.72. The molecule has 0 radical (unpaired) electrons. The average molecular weight is 139 g/mol. The topological polar surface area (TPSA) is 26.0 Å². The number of hydrogen-bond acceptors (Lipinski definition) is 1. The van der Waals surface area contributed by atoms with E-state index >= 15 is 0 Å². The normalized spacial score (nSPS) is 25.6. The van der Waals surface area contributed by atoms with Crippen LogP contribution in [0.15, 0.2) is 11.6 Å². The van der Waals surface area contributed by atoms with Gasteiger partial charge in [0.15, 0.2) is 0 Å². The summed E-state index contributed by atoms with van der Waals surface area (Å²) in [6.45, 7) is 4.51. The predicted molar refractivity (Wildman–Crippen MR) is 44.7 cm³/mol. The van der Waals surface area contributed by atoms with Crippen LogP contribution in [0.4, 0.5) is 0 Å². The van der Waals surface area contributed by atoms with E-state index in [4.69, 9.17) is 5.73 Å². The second kappa shape index (κ2) is 3.20. The van der Waals surface area contributed by atoms with E-state index in [-0.39, 0.29) is 0 Å². The molecule has 0 amide bonds. The molecular weight excluding hydrogens is 122 g/mol. The summed E-state index contributed by atoms with van der Waals surface area (Å²) in [4.78, 5) is 0. The molecule has 58 valence electrons. The van der Waals surface area contributed by atoms with Crippen LogP contribution in [-0.4, -0.2) is 6.04 Å². The highest BCUT2D eigenvalue weighted by Crippen LogP contribution is 2.23. The molecule has 10 heavy (non-hydrogen) atoms. The Morgan fingerprint density at radius 1 is 1.70 bits per heavy atom. The van der Waals surface area contributed by atoms with Gasteiger partial charge in [0.25, 0.3) is 0 Å². The van der Waals surface area contributed by atoms with Gasteiger partial charge in [-0.1, -0.05) is 25.5 Å². The molecule has 0 aromatic carbocycles. The van der Waals surface area contributed by atoms with Crippen molar-refractivity contribution in [3.63, 3.8) is 0 Å². The molecule has 1 heteroatoms. The van der Waals surface area contributed by atoms with Crippen LogP contribution in [0.1, 0.15) is 33.1 Å². The average Bonchev–Trinajstić information content (AvgIpc) is 2.13. The van der Waals surface area contributed by atoms with Crippen molar-refractivity contribution in [2.45, 2.75) is 39.2 Å². The van der Waals surface area contributed by atoms with Crippen molar-refractivity contribution in [1.82, 2.24) is 0 Å². The third-order valence-electron chi connectivity index (χ3n) is 1.92. The summed E-state index contributed by atoms with van der Waals surface area (Å²) >= 11 is 0. The Bertz CT molecular complexity index is 136. The summed E-state index contributed by atoms with van der Waals surface area (Å²) in [7, 11) is 0. The standard InChI is InChI=1S/C9H17N/c1-7(2)5-8-3-4-9(10)6-8/h6-7,9H,3-5,10H2,1-2H3. The van der Waals surface area contributed by atoms with Gasteiger partial charge in [-0.2, -0.15) is 0 Å². The first kappa shape index (κ1) is 7.80. The van der Waals surface area contributed by atoms with Crippen molar-refractivity contribution in [3.8, 4) is 0 Å². The monoisotopic (exact) mass is 139 g/mol. The van der Waals surface area contributed by atoms with Crippen molar-refractivity contribution in [3.05, 3.63) is 11.6 Å². The van der Waals surface area contributed by atoms with E-state index in [1.165, 1.54) is 19.3 Å². The van der Waals surface area contributed by atoms with Gasteiger partial charge in [0.1, 0.15) is 0 Å². The molecule has 1 unspecified atom stereocenters. The lowest BCUT2D eigenvalue weighted by Gasteiger charge is -2.03. The number of rotatable bonds is 2. The van der Waals surface area contributed by atoms with Gasteiger partial charge in [0.2, 0.25) is 0 Å². The lowest BCUT2D eigenvalue weighted by atomic mass is 10.0. The van der Waals surface area contributed by atoms with E-state index in [1.54, 1.807) is 5.57 Å². The van der Waals surface area contributed by atoms with Crippen LogP contribution in [-0.2, 0) is 0 Å². The molecule has 0 heterocycles. The van der Waals surface area contributed by atoms with Gasteiger partial charge < -0.3 is 5.73 Å². The van der Waals surface area contributed by atoms with Gasteiger partial charge in [0.05, 0.1) is 0 Å². The van der Waals surface area contributed by atoms with E-state index in [9.17, 15) is 0 Å². The molecule has 1 rings (SSSR count). The Morgan fingerprint density at radius 3 is 2.80 bits per heavy atom. The minimum Gasteiger partial charge on any atom is -0.324 e. The molecule has 0 saturated heterocycles. The van der Waals surface area contributed by atoms with Gasteiger partial charge in [-0.3, -0.25) is 0 Å². The fourth-order valence-corrected chi connectivity index (χ4v) is 1.52. The van der Waals surface area contributed by atoms with Crippen molar-refractivity contribution < 1.29 is 0 Å². The Hall–Kier alpha value is -0.300. The third kappa shape index (κ3) is 2.14. The SMILES string of the molecule is CC(C)CC1=CC(N)CC1. The van der Waals surface area contributed by atoms with E-state index in [2.05, 4.69) is 19.9 Å². The molecule has 0 aromatic heterocycles. The zero-order valence-corrected chi connectivity index (χ0v) is 6.93. The molecule has 1 nitrogen and oxygen atoms in total. The number of nitrogens with two attached hydrogens (primary N) is 1. The molecule has 1 aliphatic carbocycles. The van der Waals surface area contributed by atoms with Crippen LogP contribution < -0.4 is 5.73 Å². The molecule has 0 bridgehead atoms. The molecule has 2 N–H and O–H groups in total. The summed E-state index contributed by atoms with van der Waals surface area (Å²) in [6, 6.07) is 0.355. The minimum atomic E-state index is 0.355. The molecule has 0 aliphatic heterocycles. The maximum Gasteiger partial charge on any atom is 0.0229 e. The summed E-state index contributed by atoms with van der Waals surface area (Å²) in [6.07, 6.45) is 5.88. The molecule has 0 fully saturated rings. The quantitative estimate of drug-likeness (QED) is 0.582. The van der Waals surface area contributed by atoms with E-state index in [0.717, 1.165) is 5.92 Å². The zero-order chi connectivity index (χ0) is 7.56. The Balaban J connectivity index is 2.35. The minimum absolute atomic E-state index is 0.355. The Kier molecular flexibility index (Phi) is 2.50. The van der Waals surface area contributed by atoms with Gasteiger partial charge in [-0.05, 0) is 25.2 Å². The Morgan fingerprint density at radius 2 is 2.40 bits per heavy atom. The van der Waals surface area contributed by atoms with Crippen LogP contribution in [0.5, 0.6) is 0 Å². The molecule has 0 saturated carbocycles. The number of hydrogen-bond donors (Lipinski definition) is 1. The second-order valence-electron chi connectivity index (χ2n) is 3.63. The molecule has 1 aliphatic rings. The summed E-state index contributed by atoms with van der Waals surface area (Å²) in [5, 5.41) is 0. The lowest BCUT2D eigenvalue weighted by molar-refractivity contribution is 0.628. The highest BCUT2D eigenvalue weighted by Gasteiger charge is 2.11. The highest BCUT2D eigenvalue weighted by molar-refractivity contribution is 5.13. The molecule has 1 atom stereocenters. The van der Waals surface area contributed by atoms with Crippen LogP contribution in [0.25, 0.3) is 0 Å². The van der Waals surface area contributed by atoms with Gasteiger partial charge in [-0.15, -0.1) is 0 Å². The first-order chi connectivity index (χ1) is 4.68. The van der Waals surface area contributed by atoms with Crippen LogP contribution in [0.3, 0.4) is 0 Å².